The van der Waals surface area contributed by atoms with Crippen LogP contribution in [0.15, 0.2) is 17.3 Å². The minimum absolute atomic E-state index is 0.0184. The summed E-state index contributed by atoms with van der Waals surface area (Å²) in [6.45, 7) is 2.67. The van der Waals surface area contributed by atoms with E-state index in [1.807, 2.05) is 21.0 Å². The molecule has 1 heterocycles. The van der Waals surface area contributed by atoms with Crippen LogP contribution in [-0.4, -0.2) is 61.5 Å². The molecule has 1 rings (SSSR count). The molecule has 1 aromatic heterocycles. The van der Waals surface area contributed by atoms with Gasteiger partial charge in [-0.25, -0.2) is 13.1 Å². The second-order valence-electron chi connectivity index (χ2n) is 4.25. The lowest BCUT2D eigenvalue weighted by molar-refractivity contribution is 0.140. The third-order valence-electron chi connectivity index (χ3n) is 2.34. The Balaban J connectivity index is 2.66. The van der Waals surface area contributed by atoms with E-state index in [0.717, 1.165) is 0 Å². The molecule has 0 aromatic carbocycles. The lowest BCUT2D eigenvalue weighted by atomic mass is 10.3. The Hall–Kier alpha value is -0.960. The van der Waals surface area contributed by atoms with Crippen molar-refractivity contribution in [1.82, 2.24) is 19.4 Å². The monoisotopic (exact) mass is 276 g/mol. The number of aromatic nitrogens is 2. The number of likely N-dealkylation sites (N-methyl/N-ethyl adjacent to an activating group) is 1. The van der Waals surface area contributed by atoms with Gasteiger partial charge >= 0.3 is 0 Å². The molecular weight excluding hydrogens is 256 g/mol. The summed E-state index contributed by atoms with van der Waals surface area (Å²) in [7, 11) is 0.000185. The first-order valence-corrected chi connectivity index (χ1v) is 7.19. The van der Waals surface area contributed by atoms with Gasteiger partial charge in [-0.05, 0) is 27.1 Å². The van der Waals surface area contributed by atoms with Crippen molar-refractivity contribution in [3.8, 4) is 0 Å². The molecular formula is C10H20N4O3S. The quantitative estimate of drug-likeness (QED) is 0.674. The summed E-state index contributed by atoms with van der Waals surface area (Å²) in [6, 6.07) is 1.43. The molecule has 0 aliphatic carbocycles. The predicted octanol–water partition coefficient (Wildman–Crippen LogP) is -0.896. The Morgan fingerprint density at radius 2 is 2.22 bits per heavy atom. The van der Waals surface area contributed by atoms with Crippen molar-refractivity contribution < 1.29 is 13.5 Å². The topological polar surface area (TPSA) is 87.5 Å². The lowest BCUT2D eigenvalue weighted by Crippen LogP contribution is -2.38. The Bertz CT molecular complexity index is 469. The van der Waals surface area contributed by atoms with Crippen LogP contribution in [0.3, 0.4) is 0 Å². The molecule has 2 N–H and O–H groups in total. The summed E-state index contributed by atoms with van der Waals surface area (Å²) in [5, 5.41) is 13.6. The zero-order valence-electron chi connectivity index (χ0n) is 10.9. The summed E-state index contributed by atoms with van der Waals surface area (Å²) in [5.74, 6) is 0. The van der Waals surface area contributed by atoms with Crippen molar-refractivity contribution in [2.24, 2.45) is 0 Å². The molecule has 0 saturated heterocycles. The highest BCUT2D eigenvalue weighted by Crippen LogP contribution is 2.07. The number of hydrogen-bond donors (Lipinski definition) is 2. The molecule has 0 bridgehead atoms. The van der Waals surface area contributed by atoms with E-state index in [1.165, 1.54) is 16.9 Å². The normalized spacial score (nSPS) is 14.1. The standard InChI is InChI=1S/C10H20N4O3S/c1-4-14-10(5-6-11-14)18(16,17)12-7-9(15)8-13(2)3/h5-6,9,12,15H,4,7-8H2,1-3H3/t9-/m1/s1. The van der Waals surface area contributed by atoms with Crippen LogP contribution in [-0.2, 0) is 16.6 Å². The number of aliphatic hydroxyl groups is 1. The van der Waals surface area contributed by atoms with Crippen molar-refractivity contribution in [2.75, 3.05) is 27.2 Å². The van der Waals surface area contributed by atoms with Gasteiger partial charge in [-0.3, -0.25) is 4.68 Å². The summed E-state index contributed by atoms with van der Waals surface area (Å²) in [6.07, 6.45) is 0.696. The largest absolute Gasteiger partial charge is 0.390 e. The SMILES string of the molecule is CCn1nccc1S(=O)(=O)NC[C@@H](O)CN(C)C. The van der Waals surface area contributed by atoms with Crippen LogP contribution < -0.4 is 4.72 Å². The molecule has 0 radical (unpaired) electrons. The molecule has 0 saturated carbocycles. The second kappa shape index (κ2) is 6.28. The van der Waals surface area contributed by atoms with E-state index in [4.69, 9.17) is 0 Å². The van der Waals surface area contributed by atoms with Crippen LogP contribution >= 0.6 is 0 Å². The summed E-state index contributed by atoms with van der Waals surface area (Å²) in [5.41, 5.74) is 0. The number of nitrogens with zero attached hydrogens (tertiary/aromatic N) is 3. The van der Waals surface area contributed by atoms with E-state index in [0.29, 0.717) is 13.1 Å². The van der Waals surface area contributed by atoms with Gasteiger partial charge in [0.05, 0.1) is 12.3 Å². The van der Waals surface area contributed by atoms with Crippen LogP contribution in [0.4, 0.5) is 0 Å². The Morgan fingerprint density at radius 3 is 2.78 bits per heavy atom. The molecule has 0 fully saturated rings. The smallest absolute Gasteiger partial charge is 0.257 e. The van der Waals surface area contributed by atoms with Gasteiger partial charge < -0.3 is 10.0 Å². The van der Waals surface area contributed by atoms with Crippen molar-refractivity contribution in [3.63, 3.8) is 0 Å². The third-order valence-corrected chi connectivity index (χ3v) is 3.78. The van der Waals surface area contributed by atoms with Crippen LogP contribution in [0.5, 0.6) is 0 Å². The Morgan fingerprint density at radius 1 is 1.56 bits per heavy atom. The maximum Gasteiger partial charge on any atom is 0.257 e. The maximum atomic E-state index is 12.0. The van der Waals surface area contributed by atoms with Gasteiger partial charge in [0.1, 0.15) is 0 Å². The minimum Gasteiger partial charge on any atom is -0.390 e. The number of hydrogen-bond acceptors (Lipinski definition) is 5. The van der Waals surface area contributed by atoms with E-state index in [-0.39, 0.29) is 11.6 Å². The molecule has 0 aliphatic heterocycles. The van der Waals surface area contributed by atoms with Gasteiger partial charge in [0, 0.05) is 19.6 Å². The molecule has 1 aromatic rings. The van der Waals surface area contributed by atoms with Crippen LogP contribution in [0, 0.1) is 0 Å². The highest BCUT2D eigenvalue weighted by atomic mass is 32.2. The van der Waals surface area contributed by atoms with Crippen molar-refractivity contribution in [3.05, 3.63) is 12.3 Å². The zero-order valence-corrected chi connectivity index (χ0v) is 11.7. The fourth-order valence-corrected chi connectivity index (χ4v) is 2.81. The van der Waals surface area contributed by atoms with Crippen LogP contribution in [0.2, 0.25) is 0 Å². The number of rotatable bonds is 7. The highest BCUT2D eigenvalue weighted by molar-refractivity contribution is 7.89. The average molecular weight is 276 g/mol. The van der Waals surface area contributed by atoms with Gasteiger partial charge in [0.25, 0.3) is 10.0 Å². The average Bonchev–Trinajstić information content (AvgIpc) is 2.74. The van der Waals surface area contributed by atoms with Crippen LogP contribution in [0.1, 0.15) is 6.92 Å². The molecule has 0 amide bonds. The summed E-state index contributed by atoms with van der Waals surface area (Å²) in [4.78, 5) is 1.79. The summed E-state index contributed by atoms with van der Waals surface area (Å²) >= 11 is 0. The molecule has 7 nitrogen and oxygen atoms in total. The molecule has 0 aliphatic rings. The minimum atomic E-state index is -3.62. The number of aliphatic hydroxyl groups excluding tert-OH is 1. The first-order chi connectivity index (χ1) is 8.36. The number of sulfonamides is 1. The van der Waals surface area contributed by atoms with Gasteiger partial charge in [-0.1, -0.05) is 0 Å². The molecule has 0 unspecified atom stereocenters. The van der Waals surface area contributed by atoms with Crippen molar-refractivity contribution >= 4 is 10.0 Å². The lowest BCUT2D eigenvalue weighted by Gasteiger charge is -2.16. The molecule has 18 heavy (non-hydrogen) atoms. The fraction of sp³-hybridized carbons (Fsp3) is 0.700. The Labute approximate surface area is 107 Å². The first-order valence-electron chi connectivity index (χ1n) is 5.71. The number of nitrogens with one attached hydrogen (secondary N) is 1. The molecule has 104 valence electrons. The van der Waals surface area contributed by atoms with Gasteiger partial charge in [0.2, 0.25) is 0 Å². The highest BCUT2D eigenvalue weighted by Gasteiger charge is 2.19. The predicted molar refractivity (Wildman–Crippen MR) is 67.7 cm³/mol. The molecule has 0 spiro atoms. The van der Waals surface area contributed by atoms with Crippen molar-refractivity contribution in [2.45, 2.75) is 24.6 Å². The second-order valence-corrected chi connectivity index (χ2v) is 5.97. The summed E-state index contributed by atoms with van der Waals surface area (Å²) < 4.78 is 27.7. The third kappa shape index (κ3) is 4.05. The molecule has 8 heteroatoms. The zero-order chi connectivity index (χ0) is 13.8. The fourth-order valence-electron chi connectivity index (χ4n) is 1.55. The van der Waals surface area contributed by atoms with E-state index in [9.17, 15) is 13.5 Å². The first kappa shape index (κ1) is 15.1. The molecule has 1 atom stereocenters. The van der Waals surface area contributed by atoms with E-state index in [1.54, 1.807) is 4.90 Å². The van der Waals surface area contributed by atoms with Gasteiger partial charge in [0.15, 0.2) is 5.03 Å². The number of aryl methyl sites for hydroxylation is 1. The van der Waals surface area contributed by atoms with Crippen LogP contribution in [0.25, 0.3) is 0 Å². The van der Waals surface area contributed by atoms with Crippen molar-refractivity contribution in [1.29, 1.82) is 0 Å². The van der Waals surface area contributed by atoms with Gasteiger partial charge in [-0.15, -0.1) is 0 Å². The van der Waals surface area contributed by atoms with Gasteiger partial charge in [-0.2, -0.15) is 5.10 Å². The maximum absolute atomic E-state index is 12.0. The van der Waals surface area contributed by atoms with E-state index in [2.05, 4.69) is 9.82 Å². The van der Waals surface area contributed by atoms with E-state index >= 15 is 0 Å². The Kier molecular flexibility index (Phi) is 5.27. The van der Waals surface area contributed by atoms with E-state index < -0.39 is 16.1 Å².